The van der Waals surface area contributed by atoms with Crippen molar-refractivity contribution >= 4 is 65.7 Å². The lowest BCUT2D eigenvalue weighted by Gasteiger charge is -2.10. The van der Waals surface area contributed by atoms with E-state index in [0.29, 0.717) is 17.5 Å². The maximum absolute atomic E-state index is 6.63. The molecule has 4 aromatic heterocycles. The van der Waals surface area contributed by atoms with Crippen LogP contribution in [0, 0.1) is 0 Å². The Morgan fingerprint density at radius 3 is 1.52 bits per heavy atom. The molecule has 0 aliphatic carbocycles. The molecule has 4 heterocycles. The molecule has 0 saturated heterocycles. The molecule has 0 N–H and O–H groups in total. The fourth-order valence-electron chi connectivity index (χ4n) is 10.1. The lowest BCUT2D eigenvalue weighted by Crippen LogP contribution is -2.00. The van der Waals surface area contributed by atoms with Crippen molar-refractivity contribution in [2.75, 3.05) is 0 Å². The largest absolute Gasteiger partial charge is 0.456 e. The monoisotopic (exact) mass is 882 g/mol. The van der Waals surface area contributed by atoms with E-state index in [-0.39, 0.29) is 0 Å². The number of benzene rings is 10. The van der Waals surface area contributed by atoms with Gasteiger partial charge in [-0.1, -0.05) is 164 Å². The van der Waals surface area contributed by atoms with Crippen molar-refractivity contribution in [3.05, 3.63) is 231 Å². The fourth-order valence-corrected chi connectivity index (χ4v) is 10.1. The summed E-state index contributed by atoms with van der Waals surface area (Å²) in [5.41, 5.74) is 16.1. The number of aromatic nitrogens is 4. The summed E-state index contributed by atoms with van der Waals surface area (Å²) in [5.74, 6) is 1.78. The van der Waals surface area contributed by atoms with Gasteiger partial charge >= 0.3 is 0 Å². The zero-order valence-corrected chi connectivity index (χ0v) is 37.0. The van der Waals surface area contributed by atoms with E-state index in [1.165, 1.54) is 21.9 Å². The zero-order chi connectivity index (χ0) is 45.4. The molecule has 0 atom stereocenters. The molecule has 69 heavy (non-hydrogen) atoms. The average Bonchev–Trinajstić information content (AvgIpc) is 4.10. The second-order valence-electron chi connectivity index (χ2n) is 17.6. The summed E-state index contributed by atoms with van der Waals surface area (Å²) in [6.07, 6.45) is 0. The van der Waals surface area contributed by atoms with Crippen molar-refractivity contribution in [2.45, 2.75) is 0 Å². The van der Waals surface area contributed by atoms with Crippen molar-refractivity contribution in [3.8, 4) is 73.2 Å². The first-order chi connectivity index (χ1) is 34.2. The summed E-state index contributed by atoms with van der Waals surface area (Å²) in [4.78, 5) is 15.3. The standard InChI is InChI=1S/C63H38N4O2/c1-4-13-39(14-5-1)41-23-25-43(26-24-41)62-64-61(42-17-8-3-9-18-42)65-63(66-62)50-20-12-22-58-60(50)53-37-46(29-34-57(53)68-58)45-28-33-56-52(36-45)49-31-30-47(38-59(49)69-56)67-54-21-11-10-19-48(54)51-35-44(27-32-55(51)67)40-15-6-2-7-16-40/h1-38H. The van der Waals surface area contributed by atoms with Gasteiger partial charge in [0.05, 0.1) is 11.0 Å². The maximum Gasteiger partial charge on any atom is 0.164 e. The number of furan rings is 2. The Morgan fingerprint density at radius 2 is 0.783 bits per heavy atom. The van der Waals surface area contributed by atoms with E-state index >= 15 is 0 Å². The van der Waals surface area contributed by atoms with Gasteiger partial charge in [0, 0.05) is 60.8 Å². The van der Waals surface area contributed by atoms with E-state index in [9.17, 15) is 0 Å². The van der Waals surface area contributed by atoms with Gasteiger partial charge in [0.25, 0.3) is 0 Å². The van der Waals surface area contributed by atoms with Gasteiger partial charge in [-0.25, -0.2) is 15.0 Å². The van der Waals surface area contributed by atoms with Crippen LogP contribution in [-0.2, 0) is 0 Å². The Morgan fingerprint density at radius 1 is 0.275 bits per heavy atom. The van der Waals surface area contributed by atoms with Crippen molar-refractivity contribution in [3.63, 3.8) is 0 Å². The van der Waals surface area contributed by atoms with Gasteiger partial charge in [0.1, 0.15) is 22.3 Å². The number of fused-ring (bicyclic) bond motifs is 9. The lowest BCUT2D eigenvalue weighted by molar-refractivity contribution is 0.668. The maximum atomic E-state index is 6.63. The van der Waals surface area contributed by atoms with Crippen molar-refractivity contribution in [2.24, 2.45) is 0 Å². The second kappa shape index (κ2) is 15.6. The van der Waals surface area contributed by atoms with E-state index in [4.69, 9.17) is 23.8 Å². The van der Waals surface area contributed by atoms with Gasteiger partial charge in [-0.15, -0.1) is 0 Å². The molecule has 322 valence electrons. The SMILES string of the molecule is c1ccc(-c2ccc(-c3nc(-c4ccccc4)nc(-c4cccc5oc6ccc(-c7ccc8oc9cc(-n%10c%11ccccc%11c%11cc(-c%12ccccc%12)ccc%11%10)ccc9c8c7)cc6c45)n3)cc2)cc1. The van der Waals surface area contributed by atoms with Crippen LogP contribution in [0.3, 0.4) is 0 Å². The molecule has 0 aliphatic heterocycles. The Kier molecular flexibility index (Phi) is 8.79. The van der Waals surface area contributed by atoms with Gasteiger partial charge in [-0.05, 0) is 94.0 Å². The molecular formula is C63H38N4O2. The average molecular weight is 883 g/mol. The highest BCUT2D eigenvalue weighted by molar-refractivity contribution is 6.14. The fraction of sp³-hybridized carbons (Fsp3) is 0. The molecule has 0 saturated carbocycles. The van der Waals surface area contributed by atoms with E-state index in [1.54, 1.807) is 0 Å². The number of hydrogen-bond acceptors (Lipinski definition) is 5. The smallest absolute Gasteiger partial charge is 0.164 e. The molecule has 0 radical (unpaired) electrons. The molecule has 0 aliphatic rings. The van der Waals surface area contributed by atoms with E-state index < -0.39 is 0 Å². The first-order valence-corrected chi connectivity index (χ1v) is 23.2. The highest BCUT2D eigenvalue weighted by Gasteiger charge is 2.20. The Hall–Kier alpha value is -9.39. The number of nitrogens with zero attached hydrogens (tertiary/aromatic N) is 4. The van der Waals surface area contributed by atoms with Gasteiger partial charge in [-0.3, -0.25) is 0 Å². The highest BCUT2D eigenvalue weighted by Crippen LogP contribution is 2.41. The molecule has 14 aromatic rings. The number of rotatable bonds is 7. The molecular weight excluding hydrogens is 845 g/mol. The topological polar surface area (TPSA) is 69.9 Å². The lowest BCUT2D eigenvalue weighted by atomic mass is 9.99. The summed E-state index contributed by atoms with van der Waals surface area (Å²) < 4.78 is 15.5. The first kappa shape index (κ1) is 38.8. The van der Waals surface area contributed by atoms with E-state index in [2.05, 4.69) is 187 Å². The summed E-state index contributed by atoms with van der Waals surface area (Å²) >= 11 is 0. The van der Waals surface area contributed by atoms with Crippen LogP contribution in [0.4, 0.5) is 0 Å². The third kappa shape index (κ3) is 6.53. The quantitative estimate of drug-likeness (QED) is 0.159. The van der Waals surface area contributed by atoms with Crippen LogP contribution in [0.2, 0.25) is 0 Å². The third-order valence-electron chi connectivity index (χ3n) is 13.5. The normalized spacial score (nSPS) is 11.8. The number of hydrogen-bond donors (Lipinski definition) is 0. The molecule has 0 unspecified atom stereocenters. The van der Waals surface area contributed by atoms with Crippen LogP contribution in [0.1, 0.15) is 0 Å². The molecule has 0 bridgehead atoms. The van der Waals surface area contributed by atoms with Crippen LogP contribution in [0.25, 0.3) is 139 Å². The molecule has 14 rings (SSSR count). The third-order valence-corrected chi connectivity index (χ3v) is 13.5. The second-order valence-corrected chi connectivity index (χ2v) is 17.6. The summed E-state index contributed by atoms with van der Waals surface area (Å²) in [7, 11) is 0. The first-order valence-electron chi connectivity index (χ1n) is 23.2. The molecule has 10 aromatic carbocycles. The molecule has 0 amide bonds. The Bertz CT molecular complexity index is 4290. The summed E-state index contributed by atoms with van der Waals surface area (Å²) in [6, 6.07) is 80.4. The minimum Gasteiger partial charge on any atom is -0.456 e. The Labute approximate surface area is 396 Å². The van der Waals surface area contributed by atoms with Crippen LogP contribution in [0.5, 0.6) is 0 Å². The molecule has 0 fully saturated rings. The highest BCUT2D eigenvalue weighted by atomic mass is 16.3. The minimum absolute atomic E-state index is 0.577. The van der Waals surface area contributed by atoms with Crippen molar-refractivity contribution < 1.29 is 8.83 Å². The van der Waals surface area contributed by atoms with Gasteiger partial charge in [0.2, 0.25) is 0 Å². The van der Waals surface area contributed by atoms with Gasteiger partial charge < -0.3 is 13.4 Å². The molecule has 0 spiro atoms. The predicted molar refractivity (Wildman–Crippen MR) is 281 cm³/mol. The summed E-state index contributed by atoms with van der Waals surface area (Å²) in [6.45, 7) is 0. The van der Waals surface area contributed by atoms with E-state index in [0.717, 1.165) is 99.5 Å². The molecule has 6 heteroatoms. The molecule has 6 nitrogen and oxygen atoms in total. The Balaban J connectivity index is 0.859. The van der Waals surface area contributed by atoms with Crippen LogP contribution in [-0.4, -0.2) is 19.5 Å². The van der Waals surface area contributed by atoms with Crippen LogP contribution < -0.4 is 0 Å². The zero-order valence-electron chi connectivity index (χ0n) is 37.0. The predicted octanol–water partition coefficient (Wildman–Crippen LogP) is 16.8. The van der Waals surface area contributed by atoms with Crippen LogP contribution >= 0.6 is 0 Å². The summed E-state index contributed by atoms with van der Waals surface area (Å²) in [5, 5.41) is 6.50. The van der Waals surface area contributed by atoms with Crippen molar-refractivity contribution in [1.82, 2.24) is 19.5 Å². The van der Waals surface area contributed by atoms with Gasteiger partial charge in [0.15, 0.2) is 17.5 Å². The minimum atomic E-state index is 0.577. The number of para-hydroxylation sites is 1. The van der Waals surface area contributed by atoms with E-state index in [1.807, 2.05) is 48.5 Å². The van der Waals surface area contributed by atoms with Crippen molar-refractivity contribution in [1.29, 1.82) is 0 Å². The van der Waals surface area contributed by atoms with Crippen LogP contribution in [0.15, 0.2) is 239 Å². The van der Waals surface area contributed by atoms with Gasteiger partial charge in [-0.2, -0.15) is 0 Å².